The molecule has 0 atom stereocenters. The molecule has 2 aromatic rings. The highest BCUT2D eigenvalue weighted by molar-refractivity contribution is 7.86. The van der Waals surface area contributed by atoms with Gasteiger partial charge >= 0.3 is 16.1 Å². The number of hydrogen-bond donors (Lipinski definition) is 1. The second-order valence-corrected chi connectivity index (χ2v) is 8.74. The molecule has 2 amide bonds. The number of anilines is 1. The number of rotatable bonds is 9. The quantitative estimate of drug-likeness (QED) is 0.617. The van der Waals surface area contributed by atoms with Crippen LogP contribution in [0.15, 0.2) is 48.5 Å². The molecule has 0 spiro atoms. The fourth-order valence-electron chi connectivity index (χ4n) is 2.65. The molecule has 7 nitrogen and oxygen atoms in total. The highest BCUT2D eigenvalue weighted by Crippen LogP contribution is 2.24. The number of ether oxygens (including phenoxy) is 1. The van der Waals surface area contributed by atoms with Crippen LogP contribution in [-0.2, 0) is 16.7 Å². The first kappa shape index (κ1) is 22.5. The van der Waals surface area contributed by atoms with Crippen molar-refractivity contribution in [2.45, 2.75) is 26.8 Å². The maximum Gasteiger partial charge on any atom is 0.322 e. The van der Waals surface area contributed by atoms with Gasteiger partial charge in [-0.3, -0.25) is 0 Å². The molecule has 0 aliphatic carbocycles. The van der Waals surface area contributed by atoms with E-state index < -0.39 is 10.1 Å². The second kappa shape index (κ2) is 10.2. The normalized spacial score (nSPS) is 11.2. The monoisotopic (exact) mass is 420 g/mol. The molecular formula is C21H28N2O5S. The van der Waals surface area contributed by atoms with Crippen LogP contribution in [0.2, 0.25) is 0 Å². The van der Waals surface area contributed by atoms with Crippen molar-refractivity contribution in [3.63, 3.8) is 0 Å². The van der Waals surface area contributed by atoms with E-state index in [4.69, 9.17) is 8.92 Å². The Labute approximate surface area is 172 Å². The number of benzene rings is 2. The molecule has 158 valence electrons. The first-order chi connectivity index (χ1) is 13.7. The van der Waals surface area contributed by atoms with Crippen LogP contribution in [0.5, 0.6) is 11.5 Å². The first-order valence-corrected chi connectivity index (χ1v) is 11.2. The van der Waals surface area contributed by atoms with Gasteiger partial charge in [0.1, 0.15) is 11.5 Å². The molecule has 2 rings (SSSR count). The van der Waals surface area contributed by atoms with Crippen LogP contribution in [0.3, 0.4) is 0 Å². The zero-order chi connectivity index (χ0) is 21.4. The number of hydrogen-bond acceptors (Lipinski definition) is 5. The van der Waals surface area contributed by atoms with Gasteiger partial charge in [-0.25, -0.2) is 4.79 Å². The SMILES string of the molecule is COc1ccccc1NC(=O)N(CCC(C)C)Cc1ccc(OS(C)(=O)=O)cc1. The molecule has 0 saturated carbocycles. The molecule has 0 aliphatic rings. The highest BCUT2D eigenvalue weighted by atomic mass is 32.2. The lowest BCUT2D eigenvalue weighted by molar-refractivity contribution is 0.205. The number of amides is 2. The molecule has 0 saturated heterocycles. The fourth-order valence-corrected chi connectivity index (χ4v) is 3.11. The molecule has 0 bridgehead atoms. The Kier molecular flexibility index (Phi) is 7.90. The summed E-state index contributed by atoms with van der Waals surface area (Å²) < 4.78 is 32.6. The standard InChI is InChI=1S/C21H28N2O5S/c1-16(2)13-14-23(21(24)22-19-7-5-6-8-20(19)27-3)15-17-9-11-18(12-10-17)28-29(4,25)26/h5-12,16H,13-15H2,1-4H3,(H,22,24). The van der Waals surface area contributed by atoms with Gasteiger partial charge in [-0.15, -0.1) is 0 Å². The number of carbonyl (C=O) groups excluding carboxylic acids is 1. The summed E-state index contributed by atoms with van der Waals surface area (Å²) >= 11 is 0. The summed E-state index contributed by atoms with van der Waals surface area (Å²) in [6.45, 7) is 5.17. The van der Waals surface area contributed by atoms with Crippen LogP contribution in [-0.4, -0.2) is 39.3 Å². The largest absolute Gasteiger partial charge is 0.495 e. The van der Waals surface area contributed by atoms with Crippen molar-refractivity contribution in [2.24, 2.45) is 5.92 Å². The average molecular weight is 421 g/mol. The van der Waals surface area contributed by atoms with Crippen molar-refractivity contribution in [3.05, 3.63) is 54.1 Å². The Hall–Kier alpha value is -2.74. The maximum absolute atomic E-state index is 12.9. The van der Waals surface area contributed by atoms with Crippen molar-refractivity contribution >= 4 is 21.8 Å². The Balaban J connectivity index is 2.13. The molecule has 8 heteroatoms. The van der Waals surface area contributed by atoms with E-state index in [9.17, 15) is 13.2 Å². The Morgan fingerprint density at radius 2 is 1.76 bits per heavy atom. The van der Waals surface area contributed by atoms with E-state index in [1.54, 1.807) is 48.4 Å². The third-order valence-corrected chi connectivity index (χ3v) is 4.65. The van der Waals surface area contributed by atoms with Crippen LogP contribution in [0.25, 0.3) is 0 Å². The minimum Gasteiger partial charge on any atom is -0.495 e. The number of nitrogens with zero attached hydrogens (tertiary/aromatic N) is 1. The second-order valence-electron chi connectivity index (χ2n) is 7.17. The molecule has 29 heavy (non-hydrogen) atoms. The molecule has 0 unspecified atom stereocenters. The summed E-state index contributed by atoms with van der Waals surface area (Å²) in [5, 5.41) is 2.91. The number of methoxy groups -OCH3 is 1. The molecule has 2 aromatic carbocycles. The first-order valence-electron chi connectivity index (χ1n) is 9.35. The molecule has 1 N–H and O–H groups in total. The van der Waals surface area contributed by atoms with Crippen LogP contribution < -0.4 is 14.2 Å². The highest BCUT2D eigenvalue weighted by Gasteiger charge is 2.16. The van der Waals surface area contributed by atoms with Gasteiger partial charge in [0.2, 0.25) is 0 Å². The zero-order valence-corrected chi connectivity index (χ0v) is 18.0. The Bertz CT molecular complexity index is 911. The van der Waals surface area contributed by atoms with Gasteiger partial charge in [-0.05, 0) is 42.2 Å². The molecule has 0 heterocycles. The van der Waals surface area contributed by atoms with Gasteiger partial charge in [0.25, 0.3) is 0 Å². The van der Waals surface area contributed by atoms with Gasteiger partial charge in [0, 0.05) is 13.1 Å². The minimum atomic E-state index is -3.57. The third-order valence-electron chi connectivity index (χ3n) is 4.16. The van der Waals surface area contributed by atoms with E-state index in [-0.39, 0.29) is 11.8 Å². The van der Waals surface area contributed by atoms with E-state index in [1.807, 2.05) is 12.1 Å². The van der Waals surface area contributed by atoms with Crippen molar-refractivity contribution in [3.8, 4) is 11.5 Å². The molecule has 0 fully saturated rings. The van der Waals surface area contributed by atoms with E-state index in [0.717, 1.165) is 18.2 Å². The molecular weight excluding hydrogens is 392 g/mol. The van der Waals surface area contributed by atoms with E-state index in [1.165, 1.54) is 0 Å². The molecule has 0 aromatic heterocycles. The van der Waals surface area contributed by atoms with Crippen molar-refractivity contribution in [2.75, 3.05) is 25.2 Å². The van der Waals surface area contributed by atoms with Crippen LogP contribution in [0.1, 0.15) is 25.8 Å². The zero-order valence-electron chi connectivity index (χ0n) is 17.2. The maximum atomic E-state index is 12.9. The van der Waals surface area contributed by atoms with Gasteiger partial charge in [0.05, 0.1) is 19.1 Å². The summed E-state index contributed by atoms with van der Waals surface area (Å²) in [4.78, 5) is 14.6. The predicted octanol–water partition coefficient (Wildman–Crippen LogP) is 4.11. The van der Waals surface area contributed by atoms with Gasteiger partial charge in [-0.1, -0.05) is 38.1 Å². The van der Waals surface area contributed by atoms with E-state index in [0.29, 0.717) is 30.4 Å². The Morgan fingerprint density at radius 3 is 2.34 bits per heavy atom. The lowest BCUT2D eigenvalue weighted by atomic mass is 10.1. The van der Waals surface area contributed by atoms with Crippen LogP contribution >= 0.6 is 0 Å². The van der Waals surface area contributed by atoms with Crippen molar-refractivity contribution in [1.82, 2.24) is 4.90 Å². The summed E-state index contributed by atoms with van der Waals surface area (Å²) in [5.41, 5.74) is 1.47. The summed E-state index contributed by atoms with van der Waals surface area (Å²) in [6, 6.07) is 13.7. The van der Waals surface area contributed by atoms with Gasteiger partial charge in [-0.2, -0.15) is 8.42 Å². The van der Waals surface area contributed by atoms with Crippen LogP contribution in [0, 0.1) is 5.92 Å². The number of para-hydroxylation sites is 2. The summed E-state index contributed by atoms with van der Waals surface area (Å²) in [6.07, 6.45) is 1.85. The van der Waals surface area contributed by atoms with Crippen molar-refractivity contribution in [1.29, 1.82) is 0 Å². The smallest absolute Gasteiger partial charge is 0.322 e. The van der Waals surface area contributed by atoms with Gasteiger partial charge in [0.15, 0.2) is 0 Å². The molecule has 0 radical (unpaired) electrons. The summed E-state index contributed by atoms with van der Waals surface area (Å²) in [7, 11) is -2.02. The Morgan fingerprint density at radius 1 is 1.10 bits per heavy atom. The fraction of sp³-hybridized carbons (Fsp3) is 0.381. The van der Waals surface area contributed by atoms with E-state index in [2.05, 4.69) is 19.2 Å². The minimum absolute atomic E-state index is 0.230. The summed E-state index contributed by atoms with van der Waals surface area (Å²) in [5.74, 6) is 1.28. The number of carbonyl (C=O) groups is 1. The number of urea groups is 1. The lowest BCUT2D eigenvalue weighted by Crippen LogP contribution is -2.35. The van der Waals surface area contributed by atoms with Crippen molar-refractivity contribution < 1.29 is 22.1 Å². The average Bonchev–Trinajstić information content (AvgIpc) is 2.65. The topological polar surface area (TPSA) is 84.9 Å². The van der Waals surface area contributed by atoms with Gasteiger partial charge < -0.3 is 19.1 Å². The lowest BCUT2D eigenvalue weighted by Gasteiger charge is -2.24. The molecule has 0 aliphatic heterocycles. The predicted molar refractivity (Wildman–Crippen MR) is 114 cm³/mol. The third kappa shape index (κ3) is 7.65. The number of nitrogens with one attached hydrogen (secondary N) is 1. The van der Waals surface area contributed by atoms with E-state index >= 15 is 0 Å². The van der Waals surface area contributed by atoms with Crippen LogP contribution in [0.4, 0.5) is 10.5 Å².